The molecule has 1 aromatic rings. The van der Waals surface area contributed by atoms with Crippen LogP contribution in [0.3, 0.4) is 0 Å². The number of hydrogen-bond donors (Lipinski definition) is 0. The lowest BCUT2D eigenvalue weighted by molar-refractivity contribution is -0.127. The Kier molecular flexibility index (Phi) is 6.81. The number of sulfonamides is 1. The molecule has 0 unspecified atom stereocenters. The quantitative estimate of drug-likeness (QED) is 0.649. The van der Waals surface area contributed by atoms with Crippen LogP contribution in [0.5, 0.6) is 0 Å². The molecule has 2 aliphatic rings. The third-order valence-electron chi connectivity index (χ3n) is 6.25. The minimum atomic E-state index is -3.72. The van der Waals surface area contributed by atoms with Crippen molar-refractivity contribution >= 4 is 22.0 Å². The molecule has 2 fully saturated rings. The summed E-state index contributed by atoms with van der Waals surface area (Å²) < 4.78 is 34.0. The summed E-state index contributed by atoms with van der Waals surface area (Å²) in [5.74, 6) is 0.0889. The molecule has 0 radical (unpaired) electrons. The highest BCUT2D eigenvalue weighted by Gasteiger charge is 2.41. The maximum absolute atomic E-state index is 13.8. The summed E-state index contributed by atoms with van der Waals surface area (Å²) in [7, 11) is -3.72. The molecular formula is C23H34N2O5S. The molecule has 31 heavy (non-hydrogen) atoms. The topological polar surface area (TPSA) is 84.0 Å². The zero-order chi connectivity index (χ0) is 23.1. The number of piperidine rings is 1. The van der Waals surface area contributed by atoms with Crippen molar-refractivity contribution in [2.45, 2.75) is 83.1 Å². The van der Waals surface area contributed by atoms with Crippen molar-refractivity contribution in [3.63, 3.8) is 0 Å². The van der Waals surface area contributed by atoms with E-state index in [2.05, 4.69) is 13.8 Å². The van der Waals surface area contributed by atoms with Gasteiger partial charge in [0.15, 0.2) is 6.61 Å². The van der Waals surface area contributed by atoms with Crippen LogP contribution >= 0.6 is 0 Å². The molecular weight excluding hydrogens is 416 g/mol. The summed E-state index contributed by atoms with van der Waals surface area (Å²) in [6.45, 7) is 12.7. The standard InChI is InChI=1S/C23H34N2O5S/c1-14(2)17-11-19(15(3)4)22(20(12-17)16(5)6)31(28,29)24-9-7-18(8-10-24)25-21(26)13-30-23(25)27/h11-12,14-16,18H,7-10,13H2,1-6H3. The lowest BCUT2D eigenvalue weighted by atomic mass is 9.89. The molecule has 0 spiro atoms. The maximum atomic E-state index is 13.8. The molecule has 172 valence electrons. The first-order valence-corrected chi connectivity index (χ1v) is 12.6. The van der Waals surface area contributed by atoms with E-state index in [4.69, 9.17) is 4.74 Å². The molecule has 3 rings (SSSR count). The monoisotopic (exact) mass is 450 g/mol. The highest BCUT2D eigenvalue weighted by atomic mass is 32.2. The lowest BCUT2D eigenvalue weighted by Crippen LogP contribution is -2.48. The van der Waals surface area contributed by atoms with Crippen LogP contribution in [0.4, 0.5) is 4.79 Å². The van der Waals surface area contributed by atoms with E-state index in [-0.39, 0.29) is 43.5 Å². The van der Waals surface area contributed by atoms with Gasteiger partial charge in [-0.1, -0.05) is 53.7 Å². The second kappa shape index (κ2) is 8.90. The number of carbonyl (C=O) groups is 2. The highest BCUT2D eigenvalue weighted by Crippen LogP contribution is 2.37. The third-order valence-corrected chi connectivity index (χ3v) is 8.28. The van der Waals surface area contributed by atoms with Crippen molar-refractivity contribution in [2.24, 2.45) is 0 Å². The van der Waals surface area contributed by atoms with Gasteiger partial charge in [0.1, 0.15) is 0 Å². The Morgan fingerprint density at radius 3 is 1.81 bits per heavy atom. The van der Waals surface area contributed by atoms with E-state index in [0.29, 0.717) is 23.7 Å². The van der Waals surface area contributed by atoms with Crippen LogP contribution in [0.1, 0.15) is 88.8 Å². The van der Waals surface area contributed by atoms with Crippen LogP contribution in [-0.4, -0.2) is 55.4 Å². The molecule has 2 heterocycles. The van der Waals surface area contributed by atoms with Crippen molar-refractivity contribution < 1.29 is 22.7 Å². The van der Waals surface area contributed by atoms with Crippen LogP contribution < -0.4 is 0 Å². The summed E-state index contributed by atoms with van der Waals surface area (Å²) in [6, 6.07) is 3.77. The third kappa shape index (κ3) is 4.51. The number of ether oxygens (including phenoxy) is 1. The predicted molar refractivity (Wildman–Crippen MR) is 119 cm³/mol. The van der Waals surface area contributed by atoms with E-state index in [0.717, 1.165) is 21.6 Å². The number of imide groups is 1. The van der Waals surface area contributed by atoms with Crippen LogP contribution in [-0.2, 0) is 19.6 Å². The molecule has 0 bridgehead atoms. The van der Waals surface area contributed by atoms with Gasteiger partial charge in [-0.2, -0.15) is 4.31 Å². The van der Waals surface area contributed by atoms with Gasteiger partial charge in [-0.15, -0.1) is 0 Å². The number of cyclic esters (lactones) is 1. The van der Waals surface area contributed by atoms with Gasteiger partial charge >= 0.3 is 6.09 Å². The average Bonchev–Trinajstić information content (AvgIpc) is 3.04. The normalized spacial score (nSPS) is 19.2. The van der Waals surface area contributed by atoms with Gasteiger partial charge in [-0.25, -0.2) is 18.1 Å². The minimum absolute atomic E-state index is 0.0653. The summed E-state index contributed by atoms with van der Waals surface area (Å²) in [4.78, 5) is 25.4. The van der Waals surface area contributed by atoms with Gasteiger partial charge in [0.25, 0.3) is 5.91 Å². The minimum Gasteiger partial charge on any atom is -0.439 e. The number of hydrogen-bond acceptors (Lipinski definition) is 5. The summed E-state index contributed by atoms with van der Waals surface area (Å²) in [5.41, 5.74) is 2.86. The molecule has 2 amide bonds. The molecule has 0 atom stereocenters. The van der Waals surface area contributed by atoms with Gasteiger partial charge in [-0.3, -0.25) is 4.79 Å². The van der Waals surface area contributed by atoms with Crippen LogP contribution in [0.2, 0.25) is 0 Å². The average molecular weight is 451 g/mol. The number of rotatable bonds is 6. The van der Waals surface area contributed by atoms with E-state index in [9.17, 15) is 18.0 Å². The second-order valence-electron chi connectivity index (χ2n) is 9.45. The van der Waals surface area contributed by atoms with E-state index in [1.165, 1.54) is 4.31 Å². The fourth-order valence-corrected chi connectivity index (χ4v) is 6.51. The van der Waals surface area contributed by atoms with E-state index in [1.807, 2.05) is 39.8 Å². The molecule has 1 aromatic carbocycles. The van der Waals surface area contributed by atoms with Crippen molar-refractivity contribution in [3.8, 4) is 0 Å². The molecule has 7 nitrogen and oxygen atoms in total. The van der Waals surface area contributed by atoms with Gasteiger partial charge in [-0.05, 0) is 47.3 Å². The van der Waals surface area contributed by atoms with Gasteiger partial charge in [0.2, 0.25) is 10.0 Å². The number of nitrogens with zero attached hydrogens (tertiary/aromatic N) is 2. The Hall–Kier alpha value is -1.93. The fraction of sp³-hybridized carbons (Fsp3) is 0.652. The Labute approximate surface area is 185 Å². The zero-order valence-corrected chi connectivity index (χ0v) is 20.2. The number of amides is 2. The van der Waals surface area contributed by atoms with Crippen molar-refractivity contribution in [1.29, 1.82) is 0 Å². The summed E-state index contributed by atoms with van der Waals surface area (Å²) in [6.07, 6.45) is 0.204. The largest absolute Gasteiger partial charge is 0.439 e. The molecule has 2 aliphatic heterocycles. The van der Waals surface area contributed by atoms with Crippen LogP contribution in [0.15, 0.2) is 17.0 Å². The molecule has 0 aliphatic carbocycles. The highest BCUT2D eigenvalue weighted by molar-refractivity contribution is 7.89. The SMILES string of the molecule is CC(C)c1cc(C(C)C)c(S(=O)(=O)N2CCC(N3C(=O)COC3=O)CC2)c(C(C)C)c1. The fourth-order valence-electron chi connectivity index (χ4n) is 4.37. The Balaban J connectivity index is 1.95. The van der Waals surface area contributed by atoms with Crippen LogP contribution in [0, 0.1) is 0 Å². The van der Waals surface area contributed by atoms with Gasteiger partial charge in [0.05, 0.1) is 4.90 Å². The Morgan fingerprint density at radius 2 is 1.42 bits per heavy atom. The van der Waals surface area contributed by atoms with E-state index >= 15 is 0 Å². The smallest absolute Gasteiger partial charge is 0.417 e. The molecule has 0 saturated carbocycles. The van der Waals surface area contributed by atoms with E-state index < -0.39 is 16.1 Å². The number of carbonyl (C=O) groups excluding carboxylic acids is 2. The van der Waals surface area contributed by atoms with Gasteiger partial charge < -0.3 is 4.74 Å². The zero-order valence-electron chi connectivity index (χ0n) is 19.3. The second-order valence-corrected chi connectivity index (χ2v) is 11.3. The van der Waals surface area contributed by atoms with Crippen LogP contribution in [0.25, 0.3) is 0 Å². The molecule has 8 heteroatoms. The summed E-state index contributed by atoms with van der Waals surface area (Å²) >= 11 is 0. The molecule has 2 saturated heterocycles. The Bertz CT molecular complexity index is 915. The van der Waals surface area contributed by atoms with Crippen molar-refractivity contribution in [3.05, 3.63) is 28.8 Å². The Morgan fingerprint density at radius 1 is 0.903 bits per heavy atom. The number of benzene rings is 1. The maximum Gasteiger partial charge on any atom is 0.417 e. The van der Waals surface area contributed by atoms with Crippen molar-refractivity contribution in [2.75, 3.05) is 19.7 Å². The van der Waals surface area contributed by atoms with Crippen molar-refractivity contribution in [1.82, 2.24) is 9.21 Å². The first kappa shape index (κ1) is 23.7. The van der Waals surface area contributed by atoms with Gasteiger partial charge in [0, 0.05) is 19.1 Å². The molecule has 0 aromatic heterocycles. The predicted octanol–water partition coefficient (Wildman–Crippen LogP) is 4.19. The first-order valence-electron chi connectivity index (χ1n) is 11.1. The summed E-state index contributed by atoms with van der Waals surface area (Å²) in [5, 5.41) is 0. The lowest BCUT2D eigenvalue weighted by Gasteiger charge is -2.35. The molecule has 0 N–H and O–H groups in total. The first-order chi connectivity index (χ1) is 14.4. The van der Waals surface area contributed by atoms with E-state index in [1.54, 1.807) is 0 Å².